The summed E-state index contributed by atoms with van der Waals surface area (Å²) in [4.78, 5) is 0. The lowest BCUT2D eigenvalue weighted by Crippen LogP contribution is -2.43. The Labute approximate surface area is 115 Å². The molecule has 2 fully saturated rings. The average Bonchev–Trinajstić information content (AvgIpc) is 2.69. The summed E-state index contributed by atoms with van der Waals surface area (Å²) in [5, 5.41) is 3.20. The molecule has 0 aromatic rings. The quantitative estimate of drug-likeness (QED) is 0.752. The summed E-state index contributed by atoms with van der Waals surface area (Å²) >= 11 is 0. The number of nitrogens with zero attached hydrogens (tertiary/aromatic N) is 1. The molecule has 0 spiro atoms. The van der Waals surface area contributed by atoms with Gasteiger partial charge in [0.2, 0.25) is 10.0 Å². The Morgan fingerprint density at radius 3 is 2.58 bits per heavy atom. The summed E-state index contributed by atoms with van der Waals surface area (Å²) in [5.41, 5.74) is 0. The second kappa shape index (κ2) is 5.67. The van der Waals surface area contributed by atoms with E-state index in [0.717, 1.165) is 25.9 Å². The molecule has 2 atom stereocenters. The lowest BCUT2D eigenvalue weighted by Gasteiger charge is -2.27. The zero-order valence-electron chi connectivity index (χ0n) is 11.2. The first-order chi connectivity index (χ1) is 8.80. The topological polar surface area (TPSA) is 83.6 Å². The zero-order chi connectivity index (χ0) is 14.1. The van der Waals surface area contributed by atoms with Gasteiger partial charge in [0.25, 0.3) is 0 Å². The Balaban J connectivity index is 1.98. The van der Waals surface area contributed by atoms with Gasteiger partial charge in [-0.05, 0) is 38.3 Å². The Kier molecular flexibility index (Phi) is 4.54. The lowest BCUT2D eigenvalue weighted by molar-refractivity contribution is 0.368. The fraction of sp³-hybridized carbons (Fsp3) is 1.00. The molecule has 2 heterocycles. The SMILES string of the molecule is CN(C1CCS(=O)(=O)C1)S(=O)(=O)CC1CCCNC1. The summed E-state index contributed by atoms with van der Waals surface area (Å²) in [6.07, 6.45) is 2.34. The average molecular weight is 310 g/mol. The van der Waals surface area contributed by atoms with E-state index in [1.165, 1.54) is 11.4 Å². The minimum atomic E-state index is -3.36. The van der Waals surface area contributed by atoms with Crippen molar-refractivity contribution in [3.63, 3.8) is 0 Å². The molecule has 19 heavy (non-hydrogen) atoms. The minimum absolute atomic E-state index is 0.0361. The molecular formula is C11H22N2O4S2. The highest BCUT2D eigenvalue weighted by atomic mass is 32.2. The summed E-state index contributed by atoms with van der Waals surface area (Å²) in [6, 6.07) is -0.383. The summed E-state index contributed by atoms with van der Waals surface area (Å²) in [5.74, 6) is 0.320. The van der Waals surface area contributed by atoms with Crippen LogP contribution in [0.15, 0.2) is 0 Å². The molecule has 2 aliphatic rings. The molecule has 0 amide bonds. The first kappa shape index (κ1) is 15.2. The van der Waals surface area contributed by atoms with Crippen LogP contribution in [0, 0.1) is 5.92 Å². The van der Waals surface area contributed by atoms with Crippen molar-refractivity contribution in [2.24, 2.45) is 5.92 Å². The molecule has 2 saturated heterocycles. The van der Waals surface area contributed by atoms with E-state index in [1.807, 2.05) is 0 Å². The Morgan fingerprint density at radius 1 is 1.32 bits per heavy atom. The van der Waals surface area contributed by atoms with Crippen LogP contribution >= 0.6 is 0 Å². The molecule has 2 rings (SSSR count). The van der Waals surface area contributed by atoms with Crippen molar-refractivity contribution < 1.29 is 16.8 Å². The number of sulfonamides is 1. The molecule has 112 valence electrons. The summed E-state index contributed by atoms with van der Waals surface area (Å²) in [7, 11) is -4.91. The van der Waals surface area contributed by atoms with Gasteiger partial charge in [0.1, 0.15) is 0 Å². The zero-order valence-corrected chi connectivity index (χ0v) is 12.8. The van der Waals surface area contributed by atoms with E-state index in [9.17, 15) is 16.8 Å². The van der Waals surface area contributed by atoms with E-state index in [0.29, 0.717) is 6.42 Å². The molecule has 2 aliphatic heterocycles. The third kappa shape index (κ3) is 3.90. The predicted molar refractivity (Wildman–Crippen MR) is 74.2 cm³/mol. The van der Waals surface area contributed by atoms with Crippen molar-refractivity contribution in [1.29, 1.82) is 0 Å². The highest BCUT2D eigenvalue weighted by Gasteiger charge is 2.36. The maximum Gasteiger partial charge on any atom is 0.214 e. The first-order valence-electron chi connectivity index (χ1n) is 6.67. The number of piperidine rings is 1. The maximum atomic E-state index is 12.3. The second-order valence-electron chi connectivity index (χ2n) is 5.56. The van der Waals surface area contributed by atoms with Gasteiger partial charge in [-0.1, -0.05) is 0 Å². The highest BCUT2D eigenvalue weighted by Crippen LogP contribution is 2.21. The number of hydrogen-bond acceptors (Lipinski definition) is 5. The monoisotopic (exact) mass is 310 g/mol. The van der Waals surface area contributed by atoms with Crippen LogP contribution in [0.3, 0.4) is 0 Å². The van der Waals surface area contributed by atoms with Crippen molar-refractivity contribution in [2.45, 2.75) is 25.3 Å². The van der Waals surface area contributed by atoms with Gasteiger partial charge < -0.3 is 5.32 Å². The van der Waals surface area contributed by atoms with Crippen LogP contribution in [0.1, 0.15) is 19.3 Å². The van der Waals surface area contributed by atoms with Gasteiger partial charge in [-0.25, -0.2) is 21.1 Å². The van der Waals surface area contributed by atoms with Crippen LogP contribution in [-0.4, -0.2) is 64.6 Å². The Bertz CT molecular complexity index is 509. The van der Waals surface area contributed by atoms with Crippen LogP contribution in [0.5, 0.6) is 0 Å². The summed E-state index contributed by atoms with van der Waals surface area (Å²) < 4.78 is 48.7. The molecule has 1 N–H and O–H groups in total. The van der Waals surface area contributed by atoms with Gasteiger partial charge in [-0.2, -0.15) is 0 Å². The lowest BCUT2D eigenvalue weighted by atomic mass is 10.0. The second-order valence-corrected chi connectivity index (χ2v) is 9.87. The molecule has 0 saturated carbocycles. The molecule has 0 aliphatic carbocycles. The molecular weight excluding hydrogens is 288 g/mol. The third-order valence-electron chi connectivity index (χ3n) is 4.01. The van der Waals surface area contributed by atoms with Crippen molar-refractivity contribution in [2.75, 3.05) is 37.4 Å². The molecule has 8 heteroatoms. The van der Waals surface area contributed by atoms with E-state index in [2.05, 4.69) is 5.32 Å². The molecule has 0 radical (unpaired) electrons. The van der Waals surface area contributed by atoms with Crippen LogP contribution in [0.4, 0.5) is 0 Å². The van der Waals surface area contributed by atoms with Crippen LogP contribution in [-0.2, 0) is 19.9 Å². The maximum absolute atomic E-state index is 12.3. The van der Waals surface area contributed by atoms with Crippen molar-refractivity contribution >= 4 is 19.9 Å². The minimum Gasteiger partial charge on any atom is -0.316 e. The standard InChI is InChI=1S/C11H22N2O4S2/c1-13(11-4-6-18(14,15)9-11)19(16,17)8-10-3-2-5-12-7-10/h10-12H,2-9H2,1H3. The number of sulfone groups is 1. The number of nitrogens with one attached hydrogen (secondary N) is 1. The number of rotatable bonds is 4. The molecule has 0 aromatic carbocycles. The third-order valence-corrected chi connectivity index (χ3v) is 7.83. The van der Waals surface area contributed by atoms with Gasteiger partial charge in [0, 0.05) is 13.1 Å². The Hall–Kier alpha value is -0.180. The Morgan fingerprint density at radius 2 is 2.05 bits per heavy atom. The first-order valence-corrected chi connectivity index (χ1v) is 10.1. The van der Waals surface area contributed by atoms with E-state index in [4.69, 9.17) is 0 Å². The van der Waals surface area contributed by atoms with Gasteiger partial charge in [0.15, 0.2) is 9.84 Å². The van der Waals surface area contributed by atoms with Crippen LogP contribution in [0.2, 0.25) is 0 Å². The molecule has 6 nitrogen and oxygen atoms in total. The molecule has 2 unspecified atom stereocenters. The summed E-state index contributed by atoms with van der Waals surface area (Å²) in [6.45, 7) is 1.68. The highest BCUT2D eigenvalue weighted by molar-refractivity contribution is 7.92. The smallest absolute Gasteiger partial charge is 0.214 e. The predicted octanol–water partition coefficient (Wildman–Crippen LogP) is -0.565. The van der Waals surface area contributed by atoms with Crippen molar-refractivity contribution in [1.82, 2.24) is 9.62 Å². The normalized spacial score (nSPS) is 31.7. The van der Waals surface area contributed by atoms with Crippen LogP contribution in [0.25, 0.3) is 0 Å². The fourth-order valence-corrected chi connectivity index (χ4v) is 6.39. The van der Waals surface area contributed by atoms with E-state index in [-0.39, 0.29) is 29.2 Å². The van der Waals surface area contributed by atoms with Crippen LogP contribution < -0.4 is 5.32 Å². The van der Waals surface area contributed by atoms with E-state index in [1.54, 1.807) is 0 Å². The van der Waals surface area contributed by atoms with Gasteiger partial charge >= 0.3 is 0 Å². The van der Waals surface area contributed by atoms with Crippen molar-refractivity contribution in [3.05, 3.63) is 0 Å². The van der Waals surface area contributed by atoms with Gasteiger partial charge in [0.05, 0.1) is 17.3 Å². The van der Waals surface area contributed by atoms with Crippen molar-refractivity contribution in [3.8, 4) is 0 Å². The van der Waals surface area contributed by atoms with E-state index >= 15 is 0 Å². The molecule has 0 bridgehead atoms. The largest absolute Gasteiger partial charge is 0.316 e. The molecule has 0 aromatic heterocycles. The van der Waals surface area contributed by atoms with E-state index < -0.39 is 19.9 Å². The number of hydrogen-bond donors (Lipinski definition) is 1. The van der Waals surface area contributed by atoms with Gasteiger partial charge in [-0.3, -0.25) is 0 Å². The van der Waals surface area contributed by atoms with Gasteiger partial charge in [-0.15, -0.1) is 0 Å². The fourth-order valence-electron chi connectivity index (χ4n) is 2.77.